The van der Waals surface area contributed by atoms with Crippen LogP contribution in [0.3, 0.4) is 0 Å². The van der Waals surface area contributed by atoms with E-state index in [2.05, 4.69) is 31.3 Å². The zero-order valence-electron chi connectivity index (χ0n) is 19.3. The number of rotatable bonds is 8. The maximum atomic E-state index is 12.4. The highest BCUT2D eigenvalue weighted by Crippen LogP contribution is 2.28. The molecule has 0 saturated heterocycles. The Morgan fingerprint density at radius 1 is 1.06 bits per heavy atom. The third kappa shape index (κ3) is 6.22. The molecule has 2 N–H and O–H groups in total. The van der Waals surface area contributed by atoms with Crippen molar-refractivity contribution >= 4 is 17.5 Å². The zero-order valence-corrected chi connectivity index (χ0v) is 20.1. The number of anilines is 1. The average molecular weight is 487 g/mol. The minimum atomic E-state index is -0.214. The molecule has 0 atom stereocenters. The second kappa shape index (κ2) is 10.8. The Kier molecular flexibility index (Phi) is 7.38. The highest BCUT2D eigenvalue weighted by atomic mass is 35.5. The van der Waals surface area contributed by atoms with Gasteiger partial charge in [-0.25, -0.2) is 15.0 Å². The van der Waals surface area contributed by atoms with Crippen LogP contribution in [-0.4, -0.2) is 26.5 Å². The molecular weight excluding hydrogens is 464 g/mol. The average Bonchev–Trinajstić information content (AvgIpc) is 2.85. The van der Waals surface area contributed by atoms with E-state index in [1.54, 1.807) is 42.9 Å². The van der Waals surface area contributed by atoms with Gasteiger partial charge in [-0.05, 0) is 67.3 Å². The van der Waals surface area contributed by atoms with Crippen LogP contribution < -0.4 is 15.6 Å². The normalized spacial score (nSPS) is 10.6. The first kappa shape index (κ1) is 23.9. The van der Waals surface area contributed by atoms with Crippen molar-refractivity contribution in [2.45, 2.75) is 26.7 Å². The molecule has 8 nitrogen and oxygen atoms in total. The number of aromatic amines is 1. The Morgan fingerprint density at radius 2 is 1.86 bits per heavy atom. The predicted octanol–water partition coefficient (Wildman–Crippen LogP) is 4.74. The van der Waals surface area contributed by atoms with E-state index in [-0.39, 0.29) is 5.56 Å². The first-order valence-corrected chi connectivity index (χ1v) is 11.4. The highest BCUT2D eigenvalue weighted by Gasteiger charge is 2.09. The number of ether oxygens (including phenoxy) is 1. The van der Waals surface area contributed by atoms with Gasteiger partial charge in [0.05, 0.1) is 5.56 Å². The monoisotopic (exact) mass is 486 g/mol. The highest BCUT2D eigenvalue weighted by molar-refractivity contribution is 6.31. The summed E-state index contributed by atoms with van der Waals surface area (Å²) in [7, 11) is 0. The Bertz CT molecular complexity index is 1440. The molecule has 176 valence electrons. The number of hydrogen-bond acceptors (Lipinski definition) is 7. The molecule has 0 aliphatic carbocycles. The summed E-state index contributed by atoms with van der Waals surface area (Å²) in [6, 6.07) is 13.0. The minimum absolute atomic E-state index is 0.214. The molecule has 0 amide bonds. The maximum absolute atomic E-state index is 12.4. The molecule has 0 bridgehead atoms. The van der Waals surface area contributed by atoms with Gasteiger partial charge in [-0.2, -0.15) is 5.26 Å². The molecule has 0 aliphatic rings. The summed E-state index contributed by atoms with van der Waals surface area (Å²) in [4.78, 5) is 27.8. The van der Waals surface area contributed by atoms with Gasteiger partial charge in [-0.3, -0.25) is 9.78 Å². The molecular formula is C26H23ClN6O2. The molecule has 0 unspecified atom stereocenters. The zero-order chi connectivity index (χ0) is 24.8. The first-order chi connectivity index (χ1) is 16.9. The van der Waals surface area contributed by atoms with Gasteiger partial charge in [0.2, 0.25) is 5.95 Å². The molecule has 4 rings (SSSR count). The third-order valence-electron chi connectivity index (χ3n) is 5.33. The van der Waals surface area contributed by atoms with E-state index >= 15 is 0 Å². The molecule has 4 aromatic rings. The van der Waals surface area contributed by atoms with Crippen LogP contribution >= 0.6 is 11.6 Å². The molecule has 35 heavy (non-hydrogen) atoms. The molecule has 0 saturated carbocycles. The van der Waals surface area contributed by atoms with Crippen molar-refractivity contribution in [2.75, 3.05) is 11.9 Å². The SMILES string of the molecule is Cc1ncc(Cc2cnc(NCCc3ccc(Oc4ccc(Cl)c(C)c4)c(C#N)c3)[nH]c2=O)cn1. The number of nitriles is 1. The van der Waals surface area contributed by atoms with E-state index < -0.39 is 0 Å². The summed E-state index contributed by atoms with van der Waals surface area (Å²) < 4.78 is 5.88. The number of halogens is 1. The number of benzene rings is 2. The van der Waals surface area contributed by atoms with Crippen molar-refractivity contribution in [3.63, 3.8) is 0 Å². The molecule has 0 spiro atoms. The van der Waals surface area contributed by atoms with Crippen molar-refractivity contribution in [1.82, 2.24) is 19.9 Å². The molecule has 0 fully saturated rings. The Morgan fingerprint density at radius 3 is 2.57 bits per heavy atom. The summed E-state index contributed by atoms with van der Waals surface area (Å²) in [6.45, 7) is 4.23. The van der Waals surface area contributed by atoms with E-state index in [0.717, 1.165) is 16.7 Å². The standard InChI is InChI=1S/C26H23ClN6O2/c1-16-9-22(4-5-23(16)27)35-24-6-3-18(10-20(24)12-28)7-8-29-26-32-15-21(25(34)33-26)11-19-13-30-17(2)31-14-19/h3-6,9-10,13-15H,7-8,11H2,1-2H3,(H2,29,32,33,34). The number of nitrogens with zero attached hydrogens (tertiary/aromatic N) is 4. The molecule has 0 radical (unpaired) electrons. The summed E-state index contributed by atoms with van der Waals surface area (Å²) in [6.07, 6.45) is 6.00. The van der Waals surface area contributed by atoms with Crippen molar-refractivity contribution < 1.29 is 4.74 Å². The van der Waals surface area contributed by atoms with Gasteiger partial charge in [0.15, 0.2) is 0 Å². The van der Waals surface area contributed by atoms with Crippen molar-refractivity contribution in [2.24, 2.45) is 0 Å². The summed E-state index contributed by atoms with van der Waals surface area (Å²) in [5.41, 5.74) is 3.45. The van der Waals surface area contributed by atoms with E-state index in [0.29, 0.717) is 58.8 Å². The lowest BCUT2D eigenvalue weighted by Gasteiger charge is -2.11. The second-order valence-electron chi connectivity index (χ2n) is 8.03. The Hall–Kier alpha value is -4.22. The Labute approximate surface area is 207 Å². The van der Waals surface area contributed by atoms with Crippen LogP contribution in [0.2, 0.25) is 5.02 Å². The van der Waals surface area contributed by atoms with Crippen LogP contribution in [0.4, 0.5) is 5.95 Å². The summed E-state index contributed by atoms with van der Waals surface area (Å²) in [5, 5.41) is 13.4. The fraction of sp³-hybridized carbons (Fsp3) is 0.192. The van der Waals surface area contributed by atoms with Crippen molar-refractivity contribution in [1.29, 1.82) is 5.26 Å². The number of H-pyrrole nitrogens is 1. The number of aryl methyl sites for hydroxylation is 2. The van der Waals surface area contributed by atoms with Crippen molar-refractivity contribution in [3.8, 4) is 17.6 Å². The molecule has 0 aliphatic heterocycles. The lowest BCUT2D eigenvalue weighted by atomic mass is 10.1. The van der Waals surface area contributed by atoms with E-state index in [1.807, 2.05) is 26.0 Å². The summed E-state index contributed by atoms with van der Waals surface area (Å²) in [5.74, 6) is 2.16. The Balaban J connectivity index is 1.36. The summed E-state index contributed by atoms with van der Waals surface area (Å²) >= 11 is 6.07. The fourth-order valence-corrected chi connectivity index (χ4v) is 3.53. The van der Waals surface area contributed by atoms with Gasteiger partial charge in [-0.15, -0.1) is 0 Å². The quantitative estimate of drug-likeness (QED) is 0.369. The van der Waals surface area contributed by atoms with Crippen LogP contribution in [-0.2, 0) is 12.8 Å². The molecule has 9 heteroatoms. The smallest absolute Gasteiger partial charge is 0.255 e. The molecule has 2 aromatic heterocycles. The van der Waals surface area contributed by atoms with E-state index in [1.165, 1.54) is 0 Å². The lowest BCUT2D eigenvalue weighted by molar-refractivity contribution is 0.480. The number of hydrogen-bond donors (Lipinski definition) is 2. The van der Waals surface area contributed by atoms with Crippen LogP contribution in [0.15, 0.2) is 59.8 Å². The fourth-order valence-electron chi connectivity index (χ4n) is 3.41. The van der Waals surface area contributed by atoms with Gasteiger partial charge in [0, 0.05) is 42.1 Å². The van der Waals surface area contributed by atoms with Crippen molar-refractivity contribution in [3.05, 3.63) is 104 Å². The van der Waals surface area contributed by atoms with Gasteiger partial charge in [-0.1, -0.05) is 17.7 Å². The van der Waals surface area contributed by atoms with Crippen LogP contribution in [0.25, 0.3) is 0 Å². The van der Waals surface area contributed by atoms with E-state index in [9.17, 15) is 10.1 Å². The van der Waals surface area contributed by atoms with Gasteiger partial charge < -0.3 is 10.1 Å². The predicted molar refractivity (Wildman–Crippen MR) is 134 cm³/mol. The van der Waals surface area contributed by atoms with Gasteiger partial charge in [0.25, 0.3) is 5.56 Å². The topological polar surface area (TPSA) is 117 Å². The maximum Gasteiger partial charge on any atom is 0.255 e. The minimum Gasteiger partial charge on any atom is -0.456 e. The second-order valence-corrected chi connectivity index (χ2v) is 8.44. The van der Waals surface area contributed by atoms with Gasteiger partial charge in [0.1, 0.15) is 23.4 Å². The molecule has 2 heterocycles. The largest absolute Gasteiger partial charge is 0.456 e. The van der Waals surface area contributed by atoms with E-state index in [4.69, 9.17) is 16.3 Å². The lowest BCUT2D eigenvalue weighted by Crippen LogP contribution is -2.18. The van der Waals surface area contributed by atoms with Gasteiger partial charge >= 0.3 is 0 Å². The first-order valence-electron chi connectivity index (χ1n) is 11.0. The number of aromatic nitrogens is 4. The van der Waals surface area contributed by atoms with Crippen LogP contribution in [0, 0.1) is 25.2 Å². The van der Waals surface area contributed by atoms with Crippen LogP contribution in [0.1, 0.15) is 33.6 Å². The van der Waals surface area contributed by atoms with Crippen LogP contribution in [0.5, 0.6) is 11.5 Å². The molecule has 2 aromatic carbocycles. The third-order valence-corrected chi connectivity index (χ3v) is 5.75. The number of nitrogens with one attached hydrogen (secondary N) is 2.